The zero-order chi connectivity index (χ0) is 14.3. The van der Waals surface area contributed by atoms with Crippen LogP contribution in [0.15, 0.2) is 47.1 Å². The molecule has 0 fully saturated rings. The van der Waals surface area contributed by atoms with Crippen LogP contribution in [-0.2, 0) is 0 Å². The summed E-state index contributed by atoms with van der Waals surface area (Å²) in [5.41, 5.74) is 6.58. The monoisotopic (exact) mass is 256 g/mol. The molecule has 0 aliphatic heterocycles. The van der Waals surface area contributed by atoms with Crippen LogP contribution in [0.1, 0.15) is 60.3 Å². The highest BCUT2D eigenvalue weighted by molar-refractivity contribution is 5.46. The summed E-state index contributed by atoms with van der Waals surface area (Å²) in [6.45, 7) is 15.8. The van der Waals surface area contributed by atoms with Crippen molar-refractivity contribution >= 4 is 0 Å². The molecule has 2 aliphatic carbocycles. The molecular weight excluding hydrogens is 228 g/mol. The Morgan fingerprint density at radius 1 is 0.895 bits per heavy atom. The Hall–Kier alpha value is -1.04. The van der Waals surface area contributed by atoms with Gasteiger partial charge in [0.25, 0.3) is 0 Å². The molecule has 0 heterocycles. The van der Waals surface area contributed by atoms with E-state index in [-0.39, 0.29) is 0 Å². The van der Waals surface area contributed by atoms with Crippen LogP contribution in [0.4, 0.5) is 0 Å². The quantitative estimate of drug-likeness (QED) is 0.541. The van der Waals surface area contributed by atoms with Crippen LogP contribution in [0.25, 0.3) is 0 Å². The molecule has 0 saturated heterocycles. The predicted molar refractivity (Wildman–Crippen MR) is 85.1 cm³/mol. The molecule has 0 unspecified atom stereocenters. The van der Waals surface area contributed by atoms with Gasteiger partial charge in [0.2, 0.25) is 0 Å². The Morgan fingerprint density at radius 2 is 1.42 bits per heavy atom. The van der Waals surface area contributed by atoms with Crippen LogP contribution in [-0.4, -0.2) is 0 Å². The lowest BCUT2D eigenvalue weighted by molar-refractivity contribution is 0.332. The van der Waals surface area contributed by atoms with Crippen molar-refractivity contribution in [3.63, 3.8) is 0 Å². The maximum atomic E-state index is 4.21. The van der Waals surface area contributed by atoms with E-state index in [0.717, 1.165) is 6.42 Å². The highest BCUT2D eigenvalue weighted by Gasteiger charge is 2.31. The van der Waals surface area contributed by atoms with Gasteiger partial charge in [-0.25, -0.2) is 0 Å². The molecule has 0 spiro atoms. The van der Waals surface area contributed by atoms with Crippen molar-refractivity contribution in [2.75, 3.05) is 0 Å². The van der Waals surface area contributed by atoms with Crippen molar-refractivity contribution in [3.8, 4) is 0 Å². The van der Waals surface area contributed by atoms with E-state index in [1.54, 1.807) is 5.57 Å². The minimum absolute atomic E-state index is 0.361. The second-order valence-electron chi connectivity index (χ2n) is 7.90. The Bertz CT molecular complexity index is 478. The average Bonchev–Trinajstić information content (AvgIpc) is 2.24. The fraction of sp³-hybridized carbons (Fsp3) is 0.579. The van der Waals surface area contributed by atoms with Crippen molar-refractivity contribution in [1.29, 1.82) is 0 Å². The molecule has 0 saturated carbocycles. The molecule has 2 aliphatic rings. The van der Waals surface area contributed by atoms with Crippen LogP contribution in [0.5, 0.6) is 0 Å². The van der Waals surface area contributed by atoms with Gasteiger partial charge < -0.3 is 0 Å². The number of hydrogen-bond donors (Lipinski definition) is 0. The summed E-state index contributed by atoms with van der Waals surface area (Å²) in [5.74, 6) is 0. The van der Waals surface area contributed by atoms with Gasteiger partial charge in [0.15, 0.2) is 0 Å². The van der Waals surface area contributed by atoms with E-state index in [2.05, 4.69) is 59.4 Å². The van der Waals surface area contributed by atoms with Crippen LogP contribution >= 0.6 is 0 Å². The fourth-order valence-electron chi connectivity index (χ4n) is 3.60. The molecule has 19 heavy (non-hydrogen) atoms. The second kappa shape index (κ2) is 4.81. The molecule has 0 heteroatoms. The van der Waals surface area contributed by atoms with Gasteiger partial charge in [-0.3, -0.25) is 0 Å². The van der Waals surface area contributed by atoms with Gasteiger partial charge in [-0.2, -0.15) is 0 Å². The summed E-state index contributed by atoms with van der Waals surface area (Å²) in [6.07, 6.45) is 11.7. The van der Waals surface area contributed by atoms with E-state index >= 15 is 0 Å². The molecule has 0 aromatic carbocycles. The standard InChI is InChI=1S/C19H28/c1-7-15-9-17(13-19(5,6)11-15)16-8-14(2)10-18(3,4)12-16/h7-9H,2,10-13H2,1,3-6H3. The lowest BCUT2D eigenvalue weighted by atomic mass is 9.68. The van der Waals surface area contributed by atoms with Gasteiger partial charge >= 0.3 is 0 Å². The van der Waals surface area contributed by atoms with Crippen molar-refractivity contribution in [3.05, 3.63) is 47.1 Å². The maximum absolute atomic E-state index is 4.21. The summed E-state index contributed by atoms with van der Waals surface area (Å²) in [7, 11) is 0. The molecule has 0 N–H and O–H groups in total. The van der Waals surface area contributed by atoms with Crippen molar-refractivity contribution in [2.24, 2.45) is 10.8 Å². The topological polar surface area (TPSA) is 0 Å². The van der Waals surface area contributed by atoms with E-state index < -0.39 is 0 Å². The van der Waals surface area contributed by atoms with E-state index in [4.69, 9.17) is 0 Å². The molecule has 0 bridgehead atoms. The lowest BCUT2D eigenvalue weighted by Crippen LogP contribution is -2.22. The summed E-state index contributed by atoms with van der Waals surface area (Å²) >= 11 is 0. The molecule has 0 amide bonds. The van der Waals surface area contributed by atoms with Crippen molar-refractivity contribution < 1.29 is 0 Å². The molecule has 0 nitrogen and oxygen atoms in total. The fourth-order valence-corrected chi connectivity index (χ4v) is 3.60. The number of rotatable bonds is 1. The molecule has 104 valence electrons. The normalized spacial score (nSPS) is 28.1. The third-order valence-electron chi connectivity index (χ3n) is 4.25. The summed E-state index contributed by atoms with van der Waals surface area (Å²) < 4.78 is 0. The predicted octanol–water partition coefficient (Wildman–Crippen LogP) is 5.98. The first kappa shape index (κ1) is 14.4. The largest absolute Gasteiger partial charge is 0.0958 e. The van der Waals surface area contributed by atoms with Gasteiger partial charge in [0.1, 0.15) is 0 Å². The van der Waals surface area contributed by atoms with E-state index in [0.29, 0.717) is 10.8 Å². The first-order chi connectivity index (χ1) is 8.71. The minimum atomic E-state index is 0.361. The van der Waals surface area contributed by atoms with Gasteiger partial charge in [0.05, 0.1) is 0 Å². The first-order valence-corrected chi connectivity index (χ1v) is 7.45. The Kier molecular flexibility index (Phi) is 3.64. The average molecular weight is 256 g/mol. The molecule has 2 rings (SSSR count). The first-order valence-electron chi connectivity index (χ1n) is 7.45. The van der Waals surface area contributed by atoms with Crippen LogP contribution < -0.4 is 0 Å². The number of allylic oxidation sites excluding steroid dienone is 7. The second-order valence-corrected chi connectivity index (χ2v) is 7.90. The van der Waals surface area contributed by atoms with E-state index in [1.807, 2.05) is 0 Å². The summed E-state index contributed by atoms with van der Waals surface area (Å²) in [4.78, 5) is 0. The van der Waals surface area contributed by atoms with Crippen LogP contribution in [0, 0.1) is 10.8 Å². The van der Waals surface area contributed by atoms with E-state index in [9.17, 15) is 0 Å². The van der Waals surface area contributed by atoms with Gasteiger partial charge in [-0.05, 0) is 54.6 Å². The number of hydrogen-bond acceptors (Lipinski definition) is 0. The van der Waals surface area contributed by atoms with Crippen LogP contribution in [0.3, 0.4) is 0 Å². The molecule has 0 aromatic rings. The lowest BCUT2D eigenvalue weighted by Gasteiger charge is -2.37. The molecular formula is C19H28. The third kappa shape index (κ3) is 3.49. The van der Waals surface area contributed by atoms with Crippen molar-refractivity contribution in [1.82, 2.24) is 0 Å². The highest BCUT2D eigenvalue weighted by Crippen LogP contribution is 2.46. The van der Waals surface area contributed by atoms with E-state index in [1.165, 1.54) is 36.0 Å². The Labute approximate surface area is 119 Å². The maximum Gasteiger partial charge on any atom is -0.0221 e. The van der Waals surface area contributed by atoms with Gasteiger partial charge in [-0.1, -0.05) is 63.6 Å². The zero-order valence-corrected chi connectivity index (χ0v) is 13.3. The summed E-state index contributed by atoms with van der Waals surface area (Å²) in [5, 5.41) is 0. The molecule has 0 radical (unpaired) electrons. The SMILES string of the molecule is C=C1C=C(C2=CC(=CC)CC(C)(C)C2)CC(C)(C)C1. The molecule has 0 atom stereocenters. The van der Waals surface area contributed by atoms with Gasteiger partial charge in [-0.15, -0.1) is 0 Å². The Morgan fingerprint density at radius 3 is 1.95 bits per heavy atom. The highest BCUT2D eigenvalue weighted by atomic mass is 14.4. The van der Waals surface area contributed by atoms with Gasteiger partial charge in [0, 0.05) is 0 Å². The molecule has 0 aromatic heterocycles. The third-order valence-corrected chi connectivity index (χ3v) is 4.25. The summed E-state index contributed by atoms with van der Waals surface area (Å²) in [6, 6.07) is 0. The Balaban J connectivity index is 2.36. The zero-order valence-electron chi connectivity index (χ0n) is 13.3. The van der Waals surface area contributed by atoms with Crippen molar-refractivity contribution in [2.45, 2.75) is 60.3 Å². The minimum Gasteiger partial charge on any atom is -0.0958 e. The van der Waals surface area contributed by atoms with Crippen LogP contribution in [0.2, 0.25) is 0 Å². The smallest absolute Gasteiger partial charge is 0.0221 e.